The van der Waals surface area contributed by atoms with Crippen LogP contribution in [0.4, 0.5) is 0 Å². The SMILES string of the molecule is CC/C=C\C/C=C\C/C=C\CCCCCCCC(=O)OCC(COCCCCCCCC)OC(=O)CCCCCCCCCCCCCCC. The van der Waals surface area contributed by atoms with E-state index < -0.39 is 6.10 Å². The Labute approximate surface area is 310 Å². The standard InChI is InChI=1S/C45H82O5/c1-4-7-10-13-16-18-20-22-23-25-26-28-30-32-35-38-44(46)49-42-43(41-48-40-37-34-15-12-9-6-3)50-45(47)39-36-33-31-29-27-24-21-19-17-14-11-8-5-2/h7,10,16,18,22-23,43H,4-6,8-9,11-15,17,19-21,24-42H2,1-3H3/b10-7-,18-16-,23-22-. The molecule has 292 valence electrons. The number of esters is 2. The van der Waals surface area contributed by atoms with Crippen molar-refractivity contribution in [2.24, 2.45) is 0 Å². The molecule has 1 atom stereocenters. The molecule has 0 amide bonds. The third-order valence-electron chi connectivity index (χ3n) is 9.19. The molecule has 0 rings (SSSR count). The van der Waals surface area contributed by atoms with Crippen molar-refractivity contribution < 1.29 is 23.8 Å². The molecular weight excluding hydrogens is 620 g/mol. The highest BCUT2D eigenvalue weighted by atomic mass is 16.6. The van der Waals surface area contributed by atoms with E-state index in [1.165, 1.54) is 109 Å². The first-order valence-corrected chi connectivity index (χ1v) is 21.5. The van der Waals surface area contributed by atoms with E-state index in [9.17, 15) is 9.59 Å². The lowest BCUT2D eigenvalue weighted by Crippen LogP contribution is -2.30. The second-order valence-corrected chi connectivity index (χ2v) is 14.2. The van der Waals surface area contributed by atoms with Gasteiger partial charge in [-0.25, -0.2) is 0 Å². The van der Waals surface area contributed by atoms with E-state index in [0.717, 1.165) is 70.6 Å². The third kappa shape index (κ3) is 38.9. The van der Waals surface area contributed by atoms with Crippen molar-refractivity contribution in [3.8, 4) is 0 Å². The lowest BCUT2D eigenvalue weighted by atomic mass is 10.0. The van der Waals surface area contributed by atoms with Crippen LogP contribution in [0.25, 0.3) is 0 Å². The van der Waals surface area contributed by atoms with Crippen molar-refractivity contribution >= 4 is 11.9 Å². The highest BCUT2D eigenvalue weighted by molar-refractivity contribution is 5.70. The average Bonchev–Trinajstić information content (AvgIpc) is 3.11. The molecule has 1 unspecified atom stereocenters. The number of hydrogen-bond acceptors (Lipinski definition) is 5. The monoisotopic (exact) mass is 703 g/mol. The third-order valence-corrected chi connectivity index (χ3v) is 9.19. The minimum atomic E-state index is -0.532. The van der Waals surface area contributed by atoms with Crippen molar-refractivity contribution in [1.29, 1.82) is 0 Å². The molecule has 0 N–H and O–H groups in total. The van der Waals surface area contributed by atoms with Crippen LogP contribution in [0.5, 0.6) is 0 Å². The summed E-state index contributed by atoms with van der Waals surface area (Å²) in [5.41, 5.74) is 0. The van der Waals surface area contributed by atoms with E-state index in [0.29, 0.717) is 19.4 Å². The Morgan fingerprint density at radius 3 is 1.44 bits per heavy atom. The number of carbonyl (C=O) groups excluding carboxylic acids is 2. The molecule has 0 aromatic heterocycles. The first kappa shape index (κ1) is 48.1. The van der Waals surface area contributed by atoms with E-state index >= 15 is 0 Å². The quantitative estimate of drug-likeness (QED) is 0.0362. The minimum absolute atomic E-state index is 0.0800. The zero-order valence-corrected chi connectivity index (χ0v) is 33.4. The summed E-state index contributed by atoms with van der Waals surface area (Å²) in [4.78, 5) is 25.1. The molecule has 0 heterocycles. The van der Waals surface area contributed by atoms with Crippen molar-refractivity contribution in [2.45, 2.75) is 219 Å². The molecule has 0 bridgehead atoms. The van der Waals surface area contributed by atoms with Crippen LogP contribution in [0.3, 0.4) is 0 Å². The number of ether oxygens (including phenoxy) is 3. The summed E-state index contributed by atoms with van der Waals surface area (Å²) >= 11 is 0. The maximum atomic E-state index is 12.6. The van der Waals surface area contributed by atoms with Gasteiger partial charge in [0.1, 0.15) is 6.61 Å². The molecule has 0 aliphatic heterocycles. The zero-order valence-electron chi connectivity index (χ0n) is 33.4. The summed E-state index contributed by atoms with van der Waals surface area (Å²) in [5, 5.41) is 0. The van der Waals surface area contributed by atoms with Crippen LogP contribution in [-0.2, 0) is 23.8 Å². The van der Waals surface area contributed by atoms with E-state index in [-0.39, 0.29) is 25.2 Å². The molecule has 0 saturated carbocycles. The highest BCUT2D eigenvalue weighted by Crippen LogP contribution is 2.14. The van der Waals surface area contributed by atoms with Gasteiger partial charge in [-0.3, -0.25) is 9.59 Å². The normalized spacial score (nSPS) is 12.5. The molecule has 0 fully saturated rings. The van der Waals surface area contributed by atoms with Gasteiger partial charge in [-0.05, 0) is 51.4 Å². The van der Waals surface area contributed by atoms with Gasteiger partial charge in [0.05, 0.1) is 6.61 Å². The van der Waals surface area contributed by atoms with E-state index in [1.54, 1.807) is 0 Å². The van der Waals surface area contributed by atoms with Crippen LogP contribution in [0, 0.1) is 0 Å². The summed E-state index contributed by atoms with van der Waals surface area (Å²) in [6.45, 7) is 7.67. The van der Waals surface area contributed by atoms with Gasteiger partial charge in [0.25, 0.3) is 0 Å². The molecule has 0 aromatic carbocycles. The number of carbonyl (C=O) groups is 2. The smallest absolute Gasteiger partial charge is 0.306 e. The molecule has 0 aromatic rings. The second kappa shape index (κ2) is 41.5. The molecule has 0 aliphatic rings. The summed E-state index contributed by atoms with van der Waals surface area (Å²) in [7, 11) is 0. The summed E-state index contributed by atoms with van der Waals surface area (Å²) in [5.74, 6) is -0.414. The van der Waals surface area contributed by atoms with Crippen LogP contribution in [0.1, 0.15) is 213 Å². The van der Waals surface area contributed by atoms with Crippen molar-refractivity contribution in [3.63, 3.8) is 0 Å². The Morgan fingerprint density at radius 1 is 0.460 bits per heavy atom. The lowest BCUT2D eigenvalue weighted by Gasteiger charge is -2.18. The lowest BCUT2D eigenvalue weighted by molar-refractivity contribution is -0.163. The largest absolute Gasteiger partial charge is 0.462 e. The highest BCUT2D eigenvalue weighted by Gasteiger charge is 2.17. The van der Waals surface area contributed by atoms with Gasteiger partial charge in [0, 0.05) is 19.4 Å². The zero-order chi connectivity index (χ0) is 36.4. The number of hydrogen-bond donors (Lipinski definition) is 0. The van der Waals surface area contributed by atoms with Crippen molar-refractivity contribution in [1.82, 2.24) is 0 Å². The van der Waals surface area contributed by atoms with Gasteiger partial charge >= 0.3 is 11.9 Å². The predicted molar refractivity (Wildman–Crippen MR) is 215 cm³/mol. The second-order valence-electron chi connectivity index (χ2n) is 14.2. The number of unbranched alkanes of at least 4 members (excludes halogenated alkanes) is 22. The molecule has 5 nitrogen and oxygen atoms in total. The van der Waals surface area contributed by atoms with Gasteiger partial charge in [0.2, 0.25) is 0 Å². The molecular formula is C45H82O5. The predicted octanol–water partition coefficient (Wildman–Crippen LogP) is 13.9. The number of rotatable bonds is 39. The van der Waals surface area contributed by atoms with Gasteiger partial charge in [-0.1, -0.05) is 186 Å². The van der Waals surface area contributed by atoms with Gasteiger partial charge in [-0.2, -0.15) is 0 Å². The first-order valence-electron chi connectivity index (χ1n) is 21.5. The van der Waals surface area contributed by atoms with Gasteiger partial charge < -0.3 is 14.2 Å². The van der Waals surface area contributed by atoms with Crippen molar-refractivity contribution in [2.75, 3.05) is 19.8 Å². The van der Waals surface area contributed by atoms with E-state index in [2.05, 4.69) is 57.2 Å². The van der Waals surface area contributed by atoms with Crippen LogP contribution < -0.4 is 0 Å². The first-order chi connectivity index (χ1) is 24.6. The Bertz CT molecular complexity index is 801. The Hall–Kier alpha value is -1.88. The molecule has 0 radical (unpaired) electrons. The van der Waals surface area contributed by atoms with Gasteiger partial charge in [-0.15, -0.1) is 0 Å². The molecule has 5 heteroatoms. The Kier molecular flexibility index (Phi) is 40.0. The number of allylic oxidation sites excluding steroid dienone is 6. The van der Waals surface area contributed by atoms with Crippen molar-refractivity contribution in [3.05, 3.63) is 36.5 Å². The fraction of sp³-hybridized carbons (Fsp3) is 0.822. The molecule has 0 spiro atoms. The fourth-order valence-electron chi connectivity index (χ4n) is 5.99. The molecule has 0 aliphatic carbocycles. The summed E-state index contributed by atoms with van der Waals surface area (Å²) < 4.78 is 17.2. The van der Waals surface area contributed by atoms with E-state index in [1.807, 2.05) is 0 Å². The van der Waals surface area contributed by atoms with E-state index in [4.69, 9.17) is 14.2 Å². The molecule has 50 heavy (non-hydrogen) atoms. The Morgan fingerprint density at radius 2 is 0.900 bits per heavy atom. The maximum absolute atomic E-state index is 12.6. The fourth-order valence-corrected chi connectivity index (χ4v) is 5.99. The van der Waals surface area contributed by atoms with Gasteiger partial charge in [0.15, 0.2) is 6.10 Å². The average molecular weight is 703 g/mol. The minimum Gasteiger partial charge on any atom is -0.462 e. The van der Waals surface area contributed by atoms with Crippen LogP contribution in [0.15, 0.2) is 36.5 Å². The van der Waals surface area contributed by atoms with Crippen LogP contribution in [0.2, 0.25) is 0 Å². The van der Waals surface area contributed by atoms with Crippen LogP contribution in [-0.4, -0.2) is 37.9 Å². The topological polar surface area (TPSA) is 61.8 Å². The maximum Gasteiger partial charge on any atom is 0.306 e. The molecule has 0 saturated heterocycles. The van der Waals surface area contributed by atoms with Crippen LogP contribution >= 0.6 is 0 Å². The summed E-state index contributed by atoms with van der Waals surface area (Å²) in [6, 6.07) is 0. The summed E-state index contributed by atoms with van der Waals surface area (Å²) in [6.07, 6.45) is 47.1. The Balaban J connectivity index is 4.15.